The normalized spacial score (nSPS) is 17.6. The van der Waals surface area contributed by atoms with Crippen molar-refractivity contribution in [2.45, 2.75) is 37.8 Å². The first kappa shape index (κ1) is 18.7. The van der Waals surface area contributed by atoms with Crippen LogP contribution in [0.1, 0.15) is 36.6 Å². The molecule has 0 amide bonds. The second kappa shape index (κ2) is 9.63. The number of nitrogens with zero attached hydrogens (tertiary/aromatic N) is 2. The fourth-order valence-corrected chi connectivity index (χ4v) is 3.59. The van der Waals surface area contributed by atoms with Gasteiger partial charge in [-0.25, -0.2) is 0 Å². The van der Waals surface area contributed by atoms with Crippen molar-refractivity contribution in [2.24, 2.45) is 4.99 Å². The largest absolute Gasteiger partial charge is 0.354 e. The Morgan fingerprint density at radius 2 is 2.14 bits per heavy atom. The summed E-state index contributed by atoms with van der Waals surface area (Å²) in [7, 11) is 6.10. The molecular weight excluding hydrogens is 395 g/mol. The van der Waals surface area contributed by atoms with Crippen LogP contribution in [-0.2, 0) is 0 Å². The third-order valence-corrected chi connectivity index (χ3v) is 4.85. The molecule has 0 radical (unpaired) electrons. The second-order valence-electron chi connectivity index (χ2n) is 5.57. The number of hydrogen-bond donors (Lipinski definition) is 2. The van der Waals surface area contributed by atoms with Crippen LogP contribution >= 0.6 is 35.3 Å². The Labute approximate surface area is 149 Å². The van der Waals surface area contributed by atoms with Crippen molar-refractivity contribution < 1.29 is 0 Å². The lowest BCUT2D eigenvalue weighted by atomic mass is 10.2. The summed E-state index contributed by atoms with van der Waals surface area (Å²) < 4.78 is 0. The van der Waals surface area contributed by atoms with Crippen LogP contribution in [0, 0.1) is 0 Å². The molecule has 0 aliphatic heterocycles. The molecule has 1 aromatic rings. The van der Waals surface area contributed by atoms with E-state index < -0.39 is 0 Å². The fraction of sp³-hybridized carbons (Fsp3) is 0.667. The Kier molecular flexibility index (Phi) is 8.58. The molecule has 4 nitrogen and oxygen atoms in total. The van der Waals surface area contributed by atoms with Crippen LogP contribution in [0.5, 0.6) is 0 Å². The van der Waals surface area contributed by atoms with Gasteiger partial charge >= 0.3 is 0 Å². The van der Waals surface area contributed by atoms with Gasteiger partial charge in [0.1, 0.15) is 0 Å². The summed E-state index contributed by atoms with van der Waals surface area (Å²) in [6, 6.07) is 5.30. The predicted octanol–water partition coefficient (Wildman–Crippen LogP) is 3.08. The maximum absolute atomic E-state index is 4.34. The van der Waals surface area contributed by atoms with Crippen LogP contribution in [0.15, 0.2) is 22.5 Å². The zero-order valence-corrected chi connectivity index (χ0v) is 16.3. The number of thiophene rings is 1. The minimum atomic E-state index is 0. The third-order valence-electron chi connectivity index (χ3n) is 3.88. The van der Waals surface area contributed by atoms with E-state index >= 15 is 0 Å². The van der Waals surface area contributed by atoms with Gasteiger partial charge in [0.05, 0.1) is 6.04 Å². The number of aliphatic imine (C=N–C) groups is 1. The van der Waals surface area contributed by atoms with E-state index in [1.807, 2.05) is 18.4 Å². The molecule has 2 N–H and O–H groups in total. The summed E-state index contributed by atoms with van der Waals surface area (Å²) in [5.74, 6) is 0.931. The molecule has 0 aromatic carbocycles. The first-order chi connectivity index (χ1) is 9.70. The fourth-order valence-electron chi connectivity index (χ4n) is 2.67. The van der Waals surface area contributed by atoms with Crippen molar-refractivity contribution in [1.29, 1.82) is 0 Å². The third kappa shape index (κ3) is 5.75. The SMILES string of the molecule is CN=C(NCC(c1cccs1)N(C)C)NC1CCCC1.I. The van der Waals surface area contributed by atoms with Gasteiger partial charge in [-0.1, -0.05) is 18.9 Å². The van der Waals surface area contributed by atoms with Gasteiger partial charge in [0.25, 0.3) is 0 Å². The quantitative estimate of drug-likeness (QED) is 0.435. The topological polar surface area (TPSA) is 39.7 Å². The van der Waals surface area contributed by atoms with Crippen molar-refractivity contribution in [1.82, 2.24) is 15.5 Å². The summed E-state index contributed by atoms with van der Waals surface area (Å²) in [6.07, 6.45) is 5.21. The smallest absolute Gasteiger partial charge is 0.191 e. The van der Waals surface area contributed by atoms with E-state index in [2.05, 4.69) is 52.1 Å². The number of halogens is 1. The van der Waals surface area contributed by atoms with Crippen LogP contribution < -0.4 is 10.6 Å². The zero-order valence-electron chi connectivity index (χ0n) is 13.1. The Morgan fingerprint density at radius 1 is 1.43 bits per heavy atom. The summed E-state index contributed by atoms with van der Waals surface area (Å²) in [5.41, 5.74) is 0. The minimum Gasteiger partial charge on any atom is -0.354 e. The minimum absolute atomic E-state index is 0. The molecule has 1 aliphatic carbocycles. The van der Waals surface area contributed by atoms with Gasteiger partial charge in [-0.3, -0.25) is 4.99 Å². The lowest BCUT2D eigenvalue weighted by molar-refractivity contribution is 0.302. The average molecular weight is 422 g/mol. The van der Waals surface area contributed by atoms with Gasteiger partial charge in [-0.15, -0.1) is 35.3 Å². The number of hydrogen-bond acceptors (Lipinski definition) is 3. The van der Waals surface area contributed by atoms with Gasteiger partial charge in [0.2, 0.25) is 0 Å². The van der Waals surface area contributed by atoms with E-state index in [1.165, 1.54) is 30.6 Å². The van der Waals surface area contributed by atoms with Crippen molar-refractivity contribution in [3.8, 4) is 0 Å². The first-order valence-corrected chi connectivity index (χ1v) is 8.25. The molecule has 21 heavy (non-hydrogen) atoms. The van der Waals surface area contributed by atoms with Gasteiger partial charge < -0.3 is 15.5 Å². The van der Waals surface area contributed by atoms with Crippen LogP contribution in [0.25, 0.3) is 0 Å². The molecule has 0 saturated heterocycles. The van der Waals surface area contributed by atoms with E-state index in [0.29, 0.717) is 12.1 Å². The molecule has 1 fully saturated rings. The van der Waals surface area contributed by atoms with Crippen molar-refractivity contribution in [3.05, 3.63) is 22.4 Å². The predicted molar refractivity (Wildman–Crippen MR) is 103 cm³/mol. The van der Waals surface area contributed by atoms with E-state index in [9.17, 15) is 0 Å². The van der Waals surface area contributed by atoms with E-state index in [0.717, 1.165) is 12.5 Å². The molecule has 120 valence electrons. The molecule has 1 atom stereocenters. The second-order valence-corrected chi connectivity index (χ2v) is 6.55. The molecule has 1 heterocycles. The van der Waals surface area contributed by atoms with Crippen LogP contribution in [-0.4, -0.2) is 44.6 Å². The first-order valence-electron chi connectivity index (χ1n) is 7.37. The molecule has 1 aliphatic rings. The molecule has 1 unspecified atom stereocenters. The molecule has 1 saturated carbocycles. The van der Waals surface area contributed by atoms with E-state index in [4.69, 9.17) is 0 Å². The highest BCUT2D eigenvalue weighted by molar-refractivity contribution is 14.0. The maximum Gasteiger partial charge on any atom is 0.191 e. The molecule has 6 heteroatoms. The number of likely N-dealkylation sites (N-methyl/N-ethyl adjacent to an activating group) is 1. The molecule has 0 spiro atoms. The van der Waals surface area contributed by atoms with Crippen molar-refractivity contribution in [3.63, 3.8) is 0 Å². The van der Waals surface area contributed by atoms with Gasteiger partial charge in [0, 0.05) is 24.5 Å². The zero-order chi connectivity index (χ0) is 14.4. The number of guanidine groups is 1. The Hall–Kier alpha value is -0.340. The Morgan fingerprint density at radius 3 is 2.67 bits per heavy atom. The maximum atomic E-state index is 4.34. The van der Waals surface area contributed by atoms with Crippen molar-refractivity contribution >= 4 is 41.3 Å². The standard InChI is InChI=1S/C15H26N4S.HI/c1-16-15(18-12-7-4-5-8-12)17-11-13(19(2)3)14-9-6-10-20-14;/h6,9-10,12-13H,4-5,7-8,11H2,1-3H3,(H2,16,17,18);1H. The van der Waals surface area contributed by atoms with Crippen LogP contribution in [0.2, 0.25) is 0 Å². The highest BCUT2D eigenvalue weighted by atomic mass is 127. The van der Waals surface area contributed by atoms with Gasteiger partial charge in [-0.2, -0.15) is 0 Å². The molecular formula is C15H27IN4S. The van der Waals surface area contributed by atoms with Gasteiger partial charge in [-0.05, 0) is 38.4 Å². The van der Waals surface area contributed by atoms with Crippen LogP contribution in [0.4, 0.5) is 0 Å². The number of rotatable bonds is 5. The Bertz CT molecular complexity index is 413. The lowest BCUT2D eigenvalue weighted by Crippen LogP contribution is -2.45. The summed E-state index contributed by atoms with van der Waals surface area (Å²) in [4.78, 5) is 7.98. The summed E-state index contributed by atoms with van der Waals surface area (Å²) >= 11 is 1.81. The molecule has 2 rings (SSSR count). The van der Waals surface area contributed by atoms with Gasteiger partial charge in [0.15, 0.2) is 5.96 Å². The average Bonchev–Trinajstić information content (AvgIpc) is 3.10. The number of nitrogens with one attached hydrogen (secondary N) is 2. The van der Waals surface area contributed by atoms with E-state index in [1.54, 1.807) is 0 Å². The van der Waals surface area contributed by atoms with Crippen molar-refractivity contribution in [2.75, 3.05) is 27.7 Å². The highest BCUT2D eigenvalue weighted by Gasteiger charge is 2.18. The summed E-state index contributed by atoms with van der Waals surface area (Å²) in [6.45, 7) is 0.875. The molecule has 1 aromatic heterocycles. The monoisotopic (exact) mass is 422 g/mol. The van der Waals surface area contributed by atoms with Crippen LogP contribution in [0.3, 0.4) is 0 Å². The van der Waals surface area contributed by atoms with E-state index in [-0.39, 0.29) is 24.0 Å². The summed E-state index contributed by atoms with van der Waals surface area (Å²) in [5, 5.41) is 9.14. The highest BCUT2D eigenvalue weighted by Crippen LogP contribution is 2.22. The Balaban J connectivity index is 0.00000220. The lowest BCUT2D eigenvalue weighted by Gasteiger charge is -2.25. The molecule has 0 bridgehead atoms.